The van der Waals surface area contributed by atoms with Gasteiger partial charge in [-0.3, -0.25) is 4.98 Å². The van der Waals surface area contributed by atoms with Crippen LogP contribution in [0.5, 0.6) is 0 Å². The predicted molar refractivity (Wildman–Crippen MR) is 44.0 cm³/mol. The molecule has 0 unspecified atom stereocenters. The van der Waals surface area contributed by atoms with Gasteiger partial charge >= 0.3 is 0 Å². The number of nitrogen functional groups attached to an aromatic ring is 1. The average Bonchev–Trinajstić information content (AvgIpc) is 1.94. The first-order valence-corrected chi connectivity index (χ1v) is 3.12. The van der Waals surface area contributed by atoms with Crippen molar-refractivity contribution in [1.29, 1.82) is 0 Å². The van der Waals surface area contributed by atoms with Crippen LogP contribution in [0.15, 0.2) is 12.3 Å². The lowest BCUT2D eigenvalue weighted by atomic mass is 10.3. The molecule has 0 spiro atoms. The summed E-state index contributed by atoms with van der Waals surface area (Å²) in [6.07, 6.45) is 1.26. The zero-order valence-corrected chi connectivity index (χ0v) is 7.13. The van der Waals surface area contributed by atoms with Crippen LogP contribution >= 0.6 is 11.6 Å². The molecule has 5 nitrogen and oxygen atoms in total. The van der Waals surface area contributed by atoms with Gasteiger partial charge in [0.15, 0.2) is 0 Å². The maximum atomic E-state index is 10.3. The monoisotopic (exact) mass is 189 g/mol. The highest BCUT2D eigenvalue weighted by molar-refractivity contribution is 6.35. The van der Waals surface area contributed by atoms with E-state index < -0.39 is 5.97 Å². The van der Waals surface area contributed by atoms with E-state index in [1.54, 1.807) is 0 Å². The first-order chi connectivity index (χ1) is 5.13. The molecule has 0 aliphatic rings. The standard InChI is InChI=1S/C6H5ClN2O2.H3N/c7-4-3(8)1-2-9-5(4)6(10)11;/h1-2H,(H2,8,9)(H,10,11);1H3. The molecule has 0 aliphatic carbocycles. The highest BCUT2D eigenvalue weighted by Crippen LogP contribution is 2.19. The number of nitrogens with two attached hydrogens (primary N) is 1. The molecule has 1 aromatic heterocycles. The van der Waals surface area contributed by atoms with E-state index in [1.165, 1.54) is 12.3 Å². The van der Waals surface area contributed by atoms with Crippen LogP contribution in [0.4, 0.5) is 5.69 Å². The Kier molecular flexibility index (Phi) is 3.46. The summed E-state index contributed by atoms with van der Waals surface area (Å²) in [5, 5.41) is 10.2. The van der Waals surface area contributed by atoms with Crippen LogP contribution < -0.4 is 17.0 Å². The first kappa shape index (κ1) is 10.7. The third kappa shape index (κ3) is 1.84. The molecule has 1 aromatic rings. The molecule has 0 bridgehead atoms. The van der Waals surface area contributed by atoms with Crippen molar-refractivity contribution in [2.45, 2.75) is 0 Å². The minimum Gasteiger partial charge on any atom is -0.543 e. The summed E-state index contributed by atoms with van der Waals surface area (Å²) in [5.74, 6) is -1.43. The van der Waals surface area contributed by atoms with Gasteiger partial charge < -0.3 is 21.8 Å². The molecule has 6 N–H and O–H groups in total. The van der Waals surface area contributed by atoms with E-state index in [0.717, 1.165) is 0 Å². The quantitative estimate of drug-likeness (QED) is 0.650. The van der Waals surface area contributed by atoms with Crippen LogP contribution in [0.25, 0.3) is 0 Å². The highest BCUT2D eigenvalue weighted by Gasteiger charge is 2.04. The van der Waals surface area contributed by atoms with E-state index in [-0.39, 0.29) is 22.6 Å². The lowest BCUT2D eigenvalue weighted by Crippen LogP contribution is -2.24. The van der Waals surface area contributed by atoms with E-state index in [2.05, 4.69) is 4.98 Å². The minimum atomic E-state index is -1.43. The highest BCUT2D eigenvalue weighted by atomic mass is 35.5. The van der Waals surface area contributed by atoms with E-state index >= 15 is 0 Å². The number of carboxylic acids is 1. The fourth-order valence-corrected chi connectivity index (χ4v) is 0.790. The number of anilines is 1. The lowest BCUT2D eigenvalue weighted by molar-refractivity contribution is -0.255. The molecule has 12 heavy (non-hydrogen) atoms. The van der Waals surface area contributed by atoms with Crippen LogP contribution in [-0.4, -0.2) is 11.0 Å². The van der Waals surface area contributed by atoms with E-state index in [9.17, 15) is 9.90 Å². The molecule has 0 atom stereocenters. The number of pyridine rings is 1. The summed E-state index contributed by atoms with van der Waals surface area (Å²) in [5.41, 5.74) is 5.15. The Labute approximate surface area is 73.8 Å². The number of carbonyl (C=O) groups excluding carboxylic acids is 1. The second kappa shape index (κ2) is 3.89. The Morgan fingerprint density at radius 3 is 2.67 bits per heavy atom. The first-order valence-electron chi connectivity index (χ1n) is 2.74. The molecule has 0 aromatic carbocycles. The van der Waals surface area contributed by atoms with E-state index in [1.807, 2.05) is 0 Å². The number of hydrogen-bond donors (Lipinski definition) is 2. The molecular weight excluding hydrogens is 182 g/mol. The number of nitrogens with zero attached hydrogens (tertiary/aromatic N) is 1. The molecule has 0 radical (unpaired) electrons. The zero-order valence-electron chi connectivity index (χ0n) is 6.37. The number of aromatic nitrogens is 1. The number of quaternary nitrogens is 1. The van der Waals surface area contributed by atoms with Crippen molar-refractivity contribution in [2.24, 2.45) is 0 Å². The maximum Gasteiger partial charge on any atom is 0.106 e. The van der Waals surface area contributed by atoms with Gasteiger partial charge in [-0.2, -0.15) is 0 Å². The fourth-order valence-electron chi connectivity index (χ4n) is 0.601. The molecule has 0 saturated heterocycles. The molecular formula is C6H8ClN3O2. The largest absolute Gasteiger partial charge is 0.543 e. The summed E-state index contributed by atoms with van der Waals surface area (Å²) in [4.78, 5) is 13.7. The molecule has 0 amide bonds. The molecule has 66 valence electrons. The topological polar surface area (TPSA) is 116 Å². The van der Waals surface area contributed by atoms with E-state index in [0.29, 0.717) is 0 Å². The molecule has 1 rings (SSSR count). The second-order valence-corrected chi connectivity index (χ2v) is 2.23. The van der Waals surface area contributed by atoms with Crippen LogP contribution in [0.1, 0.15) is 10.5 Å². The minimum absolute atomic E-state index is 0. The Morgan fingerprint density at radius 2 is 2.25 bits per heavy atom. The van der Waals surface area contributed by atoms with Crippen molar-refractivity contribution >= 4 is 23.3 Å². The van der Waals surface area contributed by atoms with Crippen molar-refractivity contribution in [3.63, 3.8) is 0 Å². The van der Waals surface area contributed by atoms with Crippen LogP contribution in [0.3, 0.4) is 0 Å². The number of carbonyl (C=O) groups is 1. The normalized spacial score (nSPS) is 8.75. The van der Waals surface area contributed by atoms with Gasteiger partial charge in [0.2, 0.25) is 0 Å². The van der Waals surface area contributed by atoms with Gasteiger partial charge in [0, 0.05) is 6.20 Å². The summed E-state index contributed by atoms with van der Waals surface area (Å²) >= 11 is 5.48. The molecule has 6 heteroatoms. The van der Waals surface area contributed by atoms with Gasteiger partial charge in [-0.15, -0.1) is 0 Å². The van der Waals surface area contributed by atoms with E-state index in [4.69, 9.17) is 17.3 Å². The molecule has 1 heterocycles. The number of halogens is 1. The molecule has 0 saturated carbocycles. The van der Waals surface area contributed by atoms with Gasteiger partial charge in [0.05, 0.1) is 16.7 Å². The van der Waals surface area contributed by atoms with Crippen molar-refractivity contribution in [3.8, 4) is 0 Å². The van der Waals surface area contributed by atoms with Crippen molar-refractivity contribution in [3.05, 3.63) is 23.0 Å². The summed E-state index contributed by atoms with van der Waals surface area (Å²) in [6, 6.07) is 1.41. The Bertz CT molecular complexity index is 303. The van der Waals surface area contributed by atoms with Crippen LogP contribution in [0.2, 0.25) is 5.02 Å². The lowest BCUT2D eigenvalue weighted by Gasteiger charge is -2.04. The summed E-state index contributed by atoms with van der Waals surface area (Å²) < 4.78 is 0. The fraction of sp³-hybridized carbons (Fsp3) is 0. The summed E-state index contributed by atoms with van der Waals surface area (Å²) in [6.45, 7) is 0. The Morgan fingerprint density at radius 1 is 1.67 bits per heavy atom. The number of carboxylic acid groups (broad SMARTS) is 1. The summed E-state index contributed by atoms with van der Waals surface area (Å²) in [7, 11) is 0. The smallest absolute Gasteiger partial charge is 0.106 e. The average molecular weight is 190 g/mol. The van der Waals surface area contributed by atoms with Gasteiger partial charge in [-0.1, -0.05) is 11.6 Å². The Balaban J connectivity index is 0.00000121. The van der Waals surface area contributed by atoms with Crippen molar-refractivity contribution in [1.82, 2.24) is 11.1 Å². The van der Waals surface area contributed by atoms with Gasteiger partial charge in [0.25, 0.3) is 0 Å². The number of aromatic carboxylic acids is 1. The maximum absolute atomic E-state index is 10.3. The molecule has 0 fully saturated rings. The van der Waals surface area contributed by atoms with Crippen LogP contribution in [-0.2, 0) is 0 Å². The van der Waals surface area contributed by atoms with Gasteiger partial charge in [-0.25, -0.2) is 0 Å². The van der Waals surface area contributed by atoms with Crippen molar-refractivity contribution in [2.75, 3.05) is 5.73 Å². The second-order valence-electron chi connectivity index (χ2n) is 1.85. The Hall–Kier alpha value is -1.33. The zero-order chi connectivity index (χ0) is 8.43. The van der Waals surface area contributed by atoms with Gasteiger partial charge in [0.1, 0.15) is 5.69 Å². The predicted octanol–water partition coefficient (Wildman–Crippen LogP) is 0.0569. The third-order valence-corrected chi connectivity index (χ3v) is 1.51. The number of rotatable bonds is 1. The SMILES string of the molecule is Nc1ccnc(C(=O)[O-])c1Cl.[NH4+]. The van der Waals surface area contributed by atoms with Gasteiger partial charge in [-0.05, 0) is 6.07 Å². The van der Waals surface area contributed by atoms with Crippen LogP contribution in [0, 0.1) is 0 Å². The van der Waals surface area contributed by atoms with Crippen molar-refractivity contribution < 1.29 is 9.90 Å². The molecule has 0 aliphatic heterocycles. The third-order valence-electron chi connectivity index (χ3n) is 1.11. The number of hydrogen-bond acceptors (Lipinski definition) is 4.